The van der Waals surface area contributed by atoms with Gasteiger partial charge in [-0.15, -0.1) is 0 Å². The summed E-state index contributed by atoms with van der Waals surface area (Å²) in [6, 6.07) is 12.6. The number of aliphatic carboxylic acids is 2. The monoisotopic (exact) mass is 641 g/mol. The van der Waals surface area contributed by atoms with E-state index >= 15 is 0 Å². The van der Waals surface area contributed by atoms with Crippen molar-refractivity contribution in [1.82, 2.24) is 4.57 Å². The number of benzene rings is 3. The lowest BCUT2D eigenvalue weighted by atomic mass is 10.0. The van der Waals surface area contributed by atoms with Gasteiger partial charge in [0, 0.05) is 47.2 Å². The summed E-state index contributed by atoms with van der Waals surface area (Å²) in [5.41, 5.74) is 3.44. The van der Waals surface area contributed by atoms with Crippen LogP contribution in [0.25, 0.3) is 10.9 Å². The molecule has 0 bridgehead atoms. The maximum Gasteiger partial charge on any atom is 0.303 e. The second-order valence-corrected chi connectivity index (χ2v) is 10.8. The van der Waals surface area contributed by atoms with E-state index in [0.717, 1.165) is 27.7 Å². The molecule has 0 saturated heterocycles. The van der Waals surface area contributed by atoms with Crippen molar-refractivity contribution < 1.29 is 46.5 Å². The average molecular weight is 642 g/mol. The van der Waals surface area contributed by atoms with Crippen molar-refractivity contribution in [3.63, 3.8) is 0 Å². The number of aromatic nitrogens is 1. The fourth-order valence-electron chi connectivity index (χ4n) is 5.34. The fourth-order valence-corrected chi connectivity index (χ4v) is 5.34. The average Bonchev–Trinajstić information content (AvgIpc) is 3.30. The summed E-state index contributed by atoms with van der Waals surface area (Å²) < 4.78 is 75.4. The van der Waals surface area contributed by atoms with Gasteiger partial charge < -0.3 is 19.5 Å². The smallest absolute Gasteiger partial charge is 0.303 e. The number of halogens is 5. The molecule has 0 saturated carbocycles. The summed E-state index contributed by atoms with van der Waals surface area (Å²) in [5.74, 6) is -4.61. The van der Waals surface area contributed by atoms with Crippen LogP contribution in [-0.4, -0.2) is 33.3 Å². The molecule has 1 heterocycles. The number of para-hydroxylation sites is 1. The lowest BCUT2D eigenvalue weighted by molar-refractivity contribution is -0.138. The second kappa shape index (κ2) is 15.4. The van der Waals surface area contributed by atoms with Crippen LogP contribution in [0.4, 0.5) is 22.0 Å². The molecule has 4 aromatic rings. The minimum atomic E-state index is -2.18. The molecule has 0 amide bonds. The number of hydrogen-bond acceptors (Lipinski definition) is 3. The molecule has 0 atom stereocenters. The van der Waals surface area contributed by atoms with Gasteiger partial charge in [-0.05, 0) is 81.3 Å². The van der Waals surface area contributed by atoms with Crippen LogP contribution in [-0.2, 0) is 29.0 Å². The molecule has 46 heavy (non-hydrogen) atoms. The molecule has 0 radical (unpaired) electrons. The van der Waals surface area contributed by atoms with Gasteiger partial charge in [0.25, 0.3) is 0 Å². The Morgan fingerprint density at radius 3 is 2.00 bits per heavy atom. The molecule has 0 aliphatic carbocycles. The van der Waals surface area contributed by atoms with Crippen LogP contribution in [0.2, 0.25) is 0 Å². The molecular weight excluding hydrogens is 609 g/mol. The SMILES string of the molecule is Cc1c(CCCC(=O)O)c2cccc(C#Cc3ccc(OCCCCc4c(F)c(F)c(F)c(F)c4F)cc3)c2n1CCCC(=O)O. The van der Waals surface area contributed by atoms with Gasteiger partial charge in [-0.3, -0.25) is 9.59 Å². The zero-order valence-corrected chi connectivity index (χ0v) is 25.1. The van der Waals surface area contributed by atoms with Crippen LogP contribution in [0.5, 0.6) is 5.75 Å². The zero-order chi connectivity index (χ0) is 33.4. The molecule has 6 nitrogen and oxygen atoms in total. The van der Waals surface area contributed by atoms with Crippen LogP contribution < -0.4 is 4.74 Å². The minimum Gasteiger partial charge on any atom is -0.494 e. The summed E-state index contributed by atoms with van der Waals surface area (Å²) in [6.45, 7) is 2.58. The predicted molar refractivity (Wildman–Crippen MR) is 161 cm³/mol. The van der Waals surface area contributed by atoms with Crippen LogP contribution in [0, 0.1) is 47.9 Å². The van der Waals surface area contributed by atoms with Crippen LogP contribution in [0.15, 0.2) is 42.5 Å². The normalized spacial score (nSPS) is 11.0. The second-order valence-electron chi connectivity index (χ2n) is 10.8. The highest BCUT2D eigenvalue weighted by Gasteiger charge is 2.25. The molecule has 0 unspecified atom stereocenters. The van der Waals surface area contributed by atoms with Crippen LogP contribution >= 0.6 is 0 Å². The van der Waals surface area contributed by atoms with E-state index in [2.05, 4.69) is 16.4 Å². The molecule has 2 N–H and O–H groups in total. The van der Waals surface area contributed by atoms with E-state index < -0.39 is 46.6 Å². The van der Waals surface area contributed by atoms with Gasteiger partial charge in [0.15, 0.2) is 23.3 Å². The maximum absolute atomic E-state index is 13.8. The minimum absolute atomic E-state index is 0.0149. The van der Waals surface area contributed by atoms with Crippen LogP contribution in [0.1, 0.15) is 66.5 Å². The number of ether oxygens (including phenoxy) is 1. The van der Waals surface area contributed by atoms with Gasteiger partial charge in [0.05, 0.1) is 12.1 Å². The van der Waals surface area contributed by atoms with Crippen molar-refractivity contribution in [2.75, 3.05) is 6.61 Å². The summed E-state index contributed by atoms with van der Waals surface area (Å²) >= 11 is 0. The lowest BCUT2D eigenvalue weighted by Crippen LogP contribution is -2.08. The van der Waals surface area contributed by atoms with E-state index in [1.54, 1.807) is 24.3 Å². The number of rotatable bonds is 14. The quantitative estimate of drug-likeness (QED) is 0.0484. The van der Waals surface area contributed by atoms with Crippen molar-refractivity contribution in [2.24, 2.45) is 0 Å². The largest absolute Gasteiger partial charge is 0.494 e. The van der Waals surface area contributed by atoms with Gasteiger partial charge in [-0.1, -0.05) is 24.0 Å². The number of fused-ring (bicyclic) bond motifs is 1. The topological polar surface area (TPSA) is 88.8 Å². The summed E-state index contributed by atoms with van der Waals surface area (Å²) in [7, 11) is 0. The summed E-state index contributed by atoms with van der Waals surface area (Å²) in [5, 5.41) is 19.2. The number of hydrogen-bond donors (Lipinski definition) is 2. The Balaban J connectivity index is 1.43. The Morgan fingerprint density at radius 2 is 1.35 bits per heavy atom. The highest BCUT2D eigenvalue weighted by Crippen LogP contribution is 2.30. The third-order valence-corrected chi connectivity index (χ3v) is 7.65. The number of carboxylic acids is 2. The van der Waals surface area contributed by atoms with Gasteiger partial charge >= 0.3 is 11.9 Å². The number of nitrogens with zero attached hydrogens (tertiary/aromatic N) is 1. The number of unbranched alkanes of at least 4 members (excludes halogenated alkanes) is 1. The first kappa shape index (κ1) is 34.0. The van der Waals surface area contributed by atoms with E-state index in [9.17, 15) is 31.5 Å². The third-order valence-electron chi connectivity index (χ3n) is 7.65. The van der Waals surface area contributed by atoms with E-state index in [4.69, 9.17) is 14.9 Å². The maximum atomic E-state index is 13.8. The van der Waals surface area contributed by atoms with E-state index in [-0.39, 0.29) is 32.3 Å². The highest BCUT2D eigenvalue weighted by molar-refractivity contribution is 5.90. The first-order valence-electron chi connectivity index (χ1n) is 14.8. The van der Waals surface area contributed by atoms with E-state index in [0.29, 0.717) is 43.5 Å². The standard InChI is InChI=1S/C35H32F5NO5/c1-21-25(9-5-11-28(42)43)26-10-4-7-23(35(26)41(21)19-6-12-29(44)45)16-13-22-14-17-24(18-15-22)46-20-3-2-8-27-30(36)32(38)34(40)33(39)31(27)37/h4,7,10,14-15,17-18H,2-3,5-6,8-9,11-12,19-20H2,1H3,(H,42,43)(H,44,45). The summed E-state index contributed by atoms with van der Waals surface area (Å²) in [4.78, 5) is 22.2. The molecule has 0 aliphatic heterocycles. The van der Waals surface area contributed by atoms with Gasteiger partial charge in [0.1, 0.15) is 5.75 Å². The van der Waals surface area contributed by atoms with E-state index in [1.807, 2.05) is 25.1 Å². The first-order valence-corrected chi connectivity index (χ1v) is 14.8. The molecule has 0 aliphatic rings. The van der Waals surface area contributed by atoms with E-state index in [1.165, 1.54) is 0 Å². The summed E-state index contributed by atoms with van der Waals surface area (Å²) in [6.07, 6.45) is 1.65. The van der Waals surface area contributed by atoms with Gasteiger partial charge in [0.2, 0.25) is 5.82 Å². The Labute approximate surface area is 262 Å². The number of carboxylic acid groups (broad SMARTS) is 2. The van der Waals surface area contributed by atoms with Crippen LogP contribution in [0.3, 0.4) is 0 Å². The molecular formula is C35H32F5NO5. The molecule has 242 valence electrons. The Bertz CT molecular complexity index is 1780. The molecule has 4 rings (SSSR count). The molecule has 3 aromatic carbocycles. The third kappa shape index (κ3) is 8.05. The molecule has 1 aromatic heterocycles. The lowest BCUT2D eigenvalue weighted by Gasteiger charge is -2.09. The van der Waals surface area contributed by atoms with Crippen molar-refractivity contribution >= 4 is 22.8 Å². The Hall–Kier alpha value is -4.85. The highest BCUT2D eigenvalue weighted by atomic mass is 19.2. The molecule has 0 fully saturated rings. The number of carbonyl (C=O) groups is 2. The van der Waals surface area contributed by atoms with Crippen molar-refractivity contribution in [2.45, 2.75) is 64.8 Å². The van der Waals surface area contributed by atoms with Crippen molar-refractivity contribution in [3.8, 4) is 17.6 Å². The van der Waals surface area contributed by atoms with Gasteiger partial charge in [-0.2, -0.15) is 0 Å². The number of aryl methyl sites for hydroxylation is 2. The van der Waals surface area contributed by atoms with Gasteiger partial charge in [-0.25, -0.2) is 22.0 Å². The van der Waals surface area contributed by atoms with Crippen molar-refractivity contribution in [1.29, 1.82) is 0 Å². The van der Waals surface area contributed by atoms with Crippen molar-refractivity contribution in [3.05, 3.63) is 99.5 Å². The molecule has 0 spiro atoms. The zero-order valence-electron chi connectivity index (χ0n) is 25.1. The fraction of sp³-hybridized carbons (Fsp3) is 0.314. The molecule has 11 heteroatoms. The predicted octanol–water partition coefficient (Wildman–Crippen LogP) is 7.72. The first-order chi connectivity index (χ1) is 22.0. The Kier molecular flexibility index (Phi) is 11.4. The Morgan fingerprint density at radius 1 is 0.739 bits per heavy atom.